The first kappa shape index (κ1) is 34.9. The molecule has 0 fully saturated rings. The summed E-state index contributed by atoms with van der Waals surface area (Å²) in [6.07, 6.45) is 3.48. The van der Waals surface area contributed by atoms with Crippen molar-refractivity contribution in [2.45, 2.75) is 62.7 Å². The topological polar surface area (TPSA) is 268 Å². The Kier molecular flexibility index (Phi) is 14.3. The quantitative estimate of drug-likeness (QED) is 0.0535. The van der Waals surface area contributed by atoms with E-state index in [1.54, 1.807) is 12.5 Å². The molecule has 1 aromatic carbocycles. The summed E-state index contributed by atoms with van der Waals surface area (Å²) < 4.78 is 0. The summed E-state index contributed by atoms with van der Waals surface area (Å²) in [5.41, 5.74) is 18.2. The van der Waals surface area contributed by atoms with Crippen molar-refractivity contribution in [2.75, 3.05) is 18.6 Å². The number of hydrogen-bond acceptors (Lipinski definition) is 8. The second-order valence-corrected chi connectivity index (χ2v) is 10.8. The molecule has 4 unspecified atom stereocenters. The van der Waals surface area contributed by atoms with Crippen molar-refractivity contribution in [1.82, 2.24) is 20.9 Å². The second-order valence-electron chi connectivity index (χ2n) is 9.85. The van der Waals surface area contributed by atoms with E-state index in [0.29, 0.717) is 17.7 Å². The van der Waals surface area contributed by atoms with Gasteiger partial charge in [-0.2, -0.15) is 11.8 Å². The minimum Gasteiger partial charge on any atom is -0.481 e. The van der Waals surface area contributed by atoms with E-state index in [9.17, 15) is 34.2 Å². The standard InChI is InChI=1S/C27H40N8O7S/c1-43-12-10-20(26(41)42)34-24(39)19(8-9-22(36)37)33-25(40)21(13-15-14-32-18-7-3-2-5-16(15)18)35-23(38)17(28)6-4-11-31-27(29)30/h2-3,5,7,14,17,19-21,32H,4,6,8-13,28H2,1H3,(H,33,40)(H,34,39)(H,35,38)(H,36,37)(H,41,42)(H4,29,30,31). The number of para-hydroxylation sites is 1. The predicted molar refractivity (Wildman–Crippen MR) is 163 cm³/mol. The van der Waals surface area contributed by atoms with Crippen LogP contribution in [0.3, 0.4) is 0 Å². The third kappa shape index (κ3) is 11.8. The van der Waals surface area contributed by atoms with Crippen molar-refractivity contribution in [3.63, 3.8) is 0 Å². The van der Waals surface area contributed by atoms with Crippen LogP contribution in [-0.4, -0.2) is 93.5 Å². The average Bonchev–Trinajstić information content (AvgIpc) is 3.37. The Morgan fingerprint density at radius 3 is 2.23 bits per heavy atom. The maximum Gasteiger partial charge on any atom is 0.326 e. The molecule has 0 spiro atoms. The van der Waals surface area contributed by atoms with Gasteiger partial charge in [-0.25, -0.2) is 4.79 Å². The number of carbonyl (C=O) groups excluding carboxylic acids is 3. The lowest BCUT2D eigenvalue weighted by Crippen LogP contribution is -2.57. The molecular weight excluding hydrogens is 580 g/mol. The minimum absolute atomic E-state index is 0.0149. The van der Waals surface area contributed by atoms with E-state index in [4.69, 9.17) is 17.2 Å². The number of amides is 3. The van der Waals surface area contributed by atoms with Crippen molar-refractivity contribution in [1.29, 1.82) is 0 Å². The monoisotopic (exact) mass is 620 g/mol. The summed E-state index contributed by atoms with van der Waals surface area (Å²) in [5.74, 6) is -4.35. The fourth-order valence-corrected chi connectivity index (χ4v) is 4.70. The van der Waals surface area contributed by atoms with Crippen LogP contribution < -0.4 is 33.2 Å². The number of aliphatic imine (C=N–C) groups is 1. The summed E-state index contributed by atoms with van der Waals surface area (Å²) in [6.45, 7) is 0.261. The molecule has 43 heavy (non-hydrogen) atoms. The van der Waals surface area contributed by atoms with Crippen molar-refractivity contribution >= 4 is 58.3 Å². The molecule has 2 aromatic rings. The van der Waals surface area contributed by atoms with Crippen LogP contribution in [0.2, 0.25) is 0 Å². The van der Waals surface area contributed by atoms with Crippen molar-refractivity contribution < 1.29 is 34.2 Å². The van der Waals surface area contributed by atoms with Gasteiger partial charge in [0.05, 0.1) is 6.04 Å². The highest BCUT2D eigenvalue weighted by Crippen LogP contribution is 2.19. The molecule has 15 nitrogen and oxygen atoms in total. The Morgan fingerprint density at radius 2 is 1.58 bits per heavy atom. The fourth-order valence-electron chi connectivity index (χ4n) is 4.23. The van der Waals surface area contributed by atoms with Gasteiger partial charge >= 0.3 is 11.9 Å². The summed E-state index contributed by atoms with van der Waals surface area (Å²) in [4.78, 5) is 69.6. The summed E-state index contributed by atoms with van der Waals surface area (Å²) in [6, 6.07) is 2.54. The number of fused-ring (bicyclic) bond motifs is 1. The maximum atomic E-state index is 13.6. The van der Waals surface area contributed by atoms with E-state index in [0.717, 1.165) is 10.9 Å². The van der Waals surface area contributed by atoms with Crippen LogP contribution in [0.4, 0.5) is 0 Å². The van der Waals surface area contributed by atoms with Gasteiger partial charge in [0.25, 0.3) is 0 Å². The van der Waals surface area contributed by atoms with Gasteiger partial charge in [-0.05, 0) is 49.3 Å². The van der Waals surface area contributed by atoms with Gasteiger partial charge in [0.2, 0.25) is 17.7 Å². The number of hydrogen-bond donors (Lipinski definition) is 9. The Morgan fingerprint density at radius 1 is 0.930 bits per heavy atom. The van der Waals surface area contributed by atoms with Crippen molar-refractivity contribution in [3.05, 3.63) is 36.0 Å². The number of nitrogens with two attached hydrogens (primary N) is 3. The van der Waals surface area contributed by atoms with Gasteiger partial charge in [0.15, 0.2) is 5.96 Å². The van der Waals surface area contributed by atoms with E-state index in [1.165, 1.54) is 11.8 Å². The molecule has 0 saturated carbocycles. The molecule has 0 saturated heterocycles. The minimum atomic E-state index is -1.38. The van der Waals surface area contributed by atoms with E-state index in [2.05, 4.69) is 25.9 Å². The van der Waals surface area contributed by atoms with Crippen molar-refractivity contribution in [3.8, 4) is 0 Å². The van der Waals surface area contributed by atoms with Crippen LogP contribution in [0.5, 0.6) is 0 Å². The molecule has 0 bridgehead atoms. The van der Waals surface area contributed by atoms with Crippen molar-refractivity contribution in [2.24, 2.45) is 22.2 Å². The van der Waals surface area contributed by atoms with Crippen LogP contribution in [0, 0.1) is 0 Å². The van der Waals surface area contributed by atoms with E-state index >= 15 is 0 Å². The smallest absolute Gasteiger partial charge is 0.326 e. The molecule has 0 radical (unpaired) electrons. The molecular formula is C27H40N8O7S. The van der Waals surface area contributed by atoms with Crippen LogP contribution in [0.25, 0.3) is 10.9 Å². The number of aliphatic carboxylic acids is 2. The molecule has 236 valence electrons. The lowest BCUT2D eigenvalue weighted by Gasteiger charge is -2.25. The molecule has 0 aliphatic rings. The van der Waals surface area contributed by atoms with E-state index in [1.807, 2.05) is 24.3 Å². The SMILES string of the molecule is CSCCC(NC(=O)C(CCC(=O)O)NC(=O)C(Cc1c[nH]c2ccccc12)NC(=O)C(N)CCCN=C(N)N)C(=O)O. The zero-order chi connectivity index (χ0) is 31.9. The van der Waals surface area contributed by atoms with Crippen LogP contribution >= 0.6 is 11.8 Å². The summed E-state index contributed by atoms with van der Waals surface area (Å²) in [5, 5.41) is 27.1. The Balaban J connectivity index is 2.27. The number of carboxylic acids is 2. The Labute approximate surface area is 252 Å². The predicted octanol–water partition coefficient (Wildman–Crippen LogP) is -0.752. The number of benzene rings is 1. The Hall–Kier alpha value is -4.31. The Bertz CT molecular complexity index is 1300. The molecule has 3 amide bonds. The van der Waals surface area contributed by atoms with Gasteiger partial charge < -0.3 is 48.3 Å². The summed E-state index contributed by atoms with van der Waals surface area (Å²) >= 11 is 1.40. The zero-order valence-corrected chi connectivity index (χ0v) is 24.7. The van der Waals surface area contributed by atoms with Gasteiger partial charge in [-0.1, -0.05) is 18.2 Å². The van der Waals surface area contributed by atoms with E-state index in [-0.39, 0.29) is 38.2 Å². The number of guanidine groups is 1. The van der Waals surface area contributed by atoms with Gasteiger partial charge in [0.1, 0.15) is 18.1 Å². The number of thioether (sulfide) groups is 1. The number of carbonyl (C=O) groups is 5. The number of nitrogens with zero attached hydrogens (tertiary/aromatic N) is 1. The molecule has 1 aromatic heterocycles. The third-order valence-electron chi connectivity index (χ3n) is 6.54. The van der Waals surface area contributed by atoms with Gasteiger partial charge in [-0.3, -0.25) is 24.2 Å². The highest BCUT2D eigenvalue weighted by Gasteiger charge is 2.31. The number of carboxylic acid groups (broad SMARTS) is 2. The molecule has 4 atom stereocenters. The number of aromatic amines is 1. The lowest BCUT2D eigenvalue weighted by molar-refractivity contribution is -0.143. The number of rotatable bonds is 19. The van der Waals surface area contributed by atoms with Gasteiger partial charge in [0, 0.05) is 36.5 Å². The van der Waals surface area contributed by atoms with E-state index < -0.39 is 60.2 Å². The largest absolute Gasteiger partial charge is 0.481 e. The van der Waals surface area contributed by atoms with Gasteiger partial charge in [-0.15, -0.1) is 0 Å². The maximum absolute atomic E-state index is 13.6. The number of H-pyrrole nitrogens is 1. The third-order valence-corrected chi connectivity index (χ3v) is 7.19. The summed E-state index contributed by atoms with van der Waals surface area (Å²) in [7, 11) is 0. The molecule has 2 rings (SSSR count). The first-order chi connectivity index (χ1) is 20.4. The van der Waals surface area contributed by atoms with Crippen LogP contribution in [0.15, 0.2) is 35.5 Å². The first-order valence-corrected chi connectivity index (χ1v) is 15.0. The molecule has 1 heterocycles. The average molecular weight is 621 g/mol. The highest BCUT2D eigenvalue weighted by atomic mass is 32.2. The second kappa shape index (κ2) is 17.6. The molecule has 12 N–H and O–H groups in total. The lowest BCUT2D eigenvalue weighted by atomic mass is 10.0. The highest BCUT2D eigenvalue weighted by molar-refractivity contribution is 7.98. The molecule has 0 aliphatic heterocycles. The zero-order valence-electron chi connectivity index (χ0n) is 23.9. The fraction of sp³-hybridized carbons (Fsp3) is 0.481. The van der Waals surface area contributed by atoms with Crippen LogP contribution in [0.1, 0.15) is 37.7 Å². The number of nitrogens with one attached hydrogen (secondary N) is 4. The molecule has 0 aliphatic carbocycles. The number of aromatic nitrogens is 1. The molecule has 16 heteroatoms. The first-order valence-electron chi connectivity index (χ1n) is 13.6. The van der Waals surface area contributed by atoms with Crippen LogP contribution in [-0.2, 0) is 30.4 Å². The normalized spacial score (nSPS) is 13.7.